The molecule has 1 aliphatic heterocycles. The highest BCUT2D eigenvalue weighted by Gasteiger charge is 2.32. The topological polar surface area (TPSA) is 95.6 Å². The lowest BCUT2D eigenvalue weighted by Crippen LogP contribution is -2.49. The summed E-state index contributed by atoms with van der Waals surface area (Å²) in [4.78, 5) is 23.8. The van der Waals surface area contributed by atoms with Crippen LogP contribution in [0.1, 0.15) is 24.8 Å². The number of sulfonamides is 1. The molecule has 0 radical (unpaired) electrons. The maximum atomic E-state index is 13.1. The van der Waals surface area contributed by atoms with Crippen molar-refractivity contribution in [1.29, 1.82) is 0 Å². The molecule has 1 aliphatic rings. The molecule has 2 amide bonds. The predicted octanol–water partition coefficient (Wildman–Crippen LogP) is 3.37. The zero-order chi connectivity index (χ0) is 23.1. The summed E-state index contributed by atoms with van der Waals surface area (Å²) in [7, 11) is -3.85. The standard InChI is InChI=1S/C23H26ClN3O4S/c1-2-22(28)26-19-9-6-14-27(16-19)32(30,31)21-12-11-18(15-20(21)24)25-23(29)13-10-17-7-4-3-5-8-17/h2-5,7-8,11-12,15,19H,1,6,9-10,13-14,16H2,(H,25,29)(H,26,28)/t19-/m0/s1. The van der Waals surface area contributed by atoms with Gasteiger partial charge in [-0.05, 0) is 49.1 Å². The number of carbonyl (C=O) groups excluding carboxylic acids is 2. The number of rotatable bonds is 8. The van der Waals surface area contributed by atoms with E-state index in [1.807, 2.05) is 30.3 Å². The van der Waals surface area contributed by atoms with Crippen molar-refractivity contribution in [3.8, 4) is 0 Å². The van der Waals surface area contributed by atoms with Crippen molar-refractivity contribution in [3.05, 3.63) is 71.8 Å². The van der Waals surface area contributed by atoms with Gasteiger partial charge in [-0.25, -0.2) is 8.42 Å². The van der Waals surface area contributed by atoms with E-state index in [0.717, 1.165) is 11.6 Å². The lowest BCUT2D eigenvalue weighted by Gasteiger charge is -2.32. The van der Waals surface area contributed by atoms with Crippen LogP contribution in [-0.2, 0) is 26.0 Å². The van der Waals surface area contributed by atoms with Gasteiger partial charge in [0.25, 0.3) is 0 Å². The van der Waals surface area contributed by atoms with Crippen LogP contribution >= 0.6 is 11.6 Å². The fourth-order valence-electron chi connectivity index (χ4n) is 3.59. The zero-order valence-electron chi connectivity index (χ0n) is 17.6. The fourth-order valence-corrected chi connectivity index (χ4v) is 5.63. The summed E-state index contributed by atoms with van der Waals surface area (Å²) in [5.41, 5.74) is 1.49. The Balaban J connectivity index is 1.65. The molecule has 32 heavy (non-hydrogen) atoms. The Labute approximate surface area is 193 Å². The van der Waals surface area contributed by atoms with Crippen LogP contribution in [0.5, 0.6) is 0 Å². The molecule has 0 saturated carbocycles. The lowest BCUT2D eigenvalue weighted by atomic mass is 10.1. The van der Waals surface area contributed by atoms with Gasteiger partial charge in [0.05, 0.1) is 5.02 Å². The number of carbonyl (C=O) groups is 2. The summed E-state index contributed by atoms with van der Waals surface area (Å²) in [5, 5.41) is 5.54. The zero-order valence-corrected chi connectivity index (χ0v) is 19.2. The molecular weight excluding hydrogens is 450 g/mol. The molecule has 0 spiro atoms. The number of piperidine rings is 1. The van der Waals surface area contributed by atoms with Crippen LogP contribution in [0.3, 0.4) is 0 Å². The van der Waals surface area contributed by atoms with E-state index in [0.29, 0.717) is 37.9 Å². The molecule has 1 heterocycles. The molecular formula is C23H26ClN3O4S. The highest BCUT2D eigenvalue weighted by molar-refractivity contribution is 7.89. The maximum Gasteiger partial charge on any atom is 0.244 e. The average Bonchev–Trinajstić information content (AvgIpc) is 2.78. The summed E-state index contributed by atoms with van der Waals surface area (Å²) < 4.78 is 27.6. The molecule has 9 heteroatoms. The highest BCUT2D eigenvalue weighted by Crippen LogP contribution is 2.29. The van der Waals surface area contributed by atoms with Gasteiger partial charge in [-0.2, -0.15) is 4.31 Å². The number of amides is 2. The number of nitrogens with one attached hydrogen (secondary N) is 2. The summed E-state index contributed by atoms with van der Waals surface area (Å²) in [5.74, 6) is -0.517. The second kappa shape index (κ2) is 10.8. The van der Waals surface area contributed by atoms with Crippen molar-refractivity contribution < 1.29 is 18.0 Å². The smallest absolute Gasteiger partial charge is 0.244 e. The van der Waals surface area contributed by atoms with Crippen LogP contribution in [0, 0.1) is 0 Å². The lowest BCUT2D eigenvalue weighted by molar-refractivity contribution is -0.117. The third-order valence-electron chi connectivity index (χ3n) is 5.23. The van der Waals surface area contributed by atoms with Crippen molar-refractivity contribution in [2.24, 2.45) is 0 Å². The molecule has 3 rings (SSSR count). The Morgan fingerprint density at radius 2 is 1.94 bits per heavy atom. The van der Waals surface area contributed by atoms with E-state index >= 15 is 0 Å². The van der Waals surface area contributed by atoms with Gasteiger partial charge in [-0.1, -0.05) is 48.5 Å². The Morgan fingerprint density at radius 3 is 2.62 bits per heavy atom. The van der Waals surface area contributed by atoms with Gasteiger partial charge >= 0.3 is 0 Å². The molecule has 1 saturated heterocycles. The van der Waals surface area contributed by atoms with E-state index in [1.54, 1.807) is 0 Å². The second-order valence-electron chi connectivity index (χ2n) is 7.59. The number of anilines is 1. The van der Waals surface area contributed by atoms with Gasteiger partial charge in [-0.3, -0.25) is 9.59 Å². The van der Waals surface area contributed by atoms with E-state index in [1.165, 1.54) is 22.5 Å². The van der Waals surface area contributed by atoms with Gasteiger partial charge in [0.15, 0.2) is 0 Å². The molecule has 2 aromatic carbocycles. The first kappa shape index (κ1) is 24.0. The van der Waals surface area contributed by atoms with Gasteiger partial charge < -0.3 is 10.6 Å². The SMILES string of the molecule is C=CC(=O)N[C@H]1CCCN(S(=O)(=O)c2ccc(NC(=O)CCc3ccccc3)cc2Cl)C1. The van der Waals surface area contributed by atoms with Crippen LogP contribution in [0.15, 0.2) is 66.1 Å². The number of aryl methyl sites for hydroxylation is 1. The Bertz CT molecular complexity index is 1090. The minimum Gasteiger partial charge on any atom is -0.349 e. The van der Waals surface area contributed by atoms with E-state index in [4.69, 9.17) is 11.6 Å². The van der Waals surface area contributed by atoms with Crippen molar-refractivity contribution in [2.45, 2.75) is 36.6 Å². The van der Waals surface area contributed by atoms with Crippen LogP contribution in [0.25, 0.3) is 0 Å². The third-order valence-corrected chi connectivity index (χ3v) is 7.58. The van der Waals surface area contributed by atoms with E-state index in [-0.39, 0.29) is 34.3 Å². The average molecular weight is 476 g/mol. The monoisotopic (exact) mass is 475 g/mol. The maximum absolute atomic E-state index is 13.1. The first-order valence-electron chi connectivity index (χ1n) is 10.4. The molecule has 0 unspecified atom stereocenters. The molecule has 7 nitrogen and oxygen atoms in total. The van der Waals surface area contributed by atoms with Gasteiger partial charge in [0.2, 0.25) is 21.8 Å². The van der Waals surface area contributed by atoms with Crippen molar-refractivity contribution in [2.75, 3.05) is 18.4 Å². The molecule has 170 valence electrons. The molecule has 1 atom stereocenters. The normalized spacial score (nSPS) is 16.8. The van der Waals surface area contributed by atoms with Gasteiger partial charge in [-0.15, -0.1) is 0 Å². The third kappa shape index (κ3) is 6.18. The van der Waals surface area contributed by atoms with E-state index in [9.17, 15) is 18.0 Å². The Kier molecular flexibility index (Phi) is 8.06. The summed E-state index contributed by atoms with van der Waals surface area (Å²) >= 11 is 6.29. The van der Waals surface area contributed by atoms with Crippen LogP contribution in [0.4, 0.5) is 5.69 Å². The fraction of sp³-hybridized carbons (Fsp3) is 0.304. The van der Waals surface area contributed by atoms with Gasteiger partial charge in [0, 0.05) is 31.2 Å². The minimum absolute atomic E-state index is 0.0304. The second-order valence-corrected chi connectivity index (χ2v) is 9.91. The molecule has 2 N–H and O–H groups in total. The molecule has 0 bridgehead atoms. The molecule has 0 aromatic heterocycles. The van der Waals surface area contributed by atoms with E-state index in [2.05, 4.69) is 17.2 Å². The van der Waals surface area contributed by atoms with Crippen molar-refractivity contribution in [3.63, 3.8) is 0 Å². The van der Waals surface area contributed by atoms with Crippen LogP contribution in [0.2, 0.25) is 5.02 Å². The number of nitrogens with zero attached hydrogens (tertiary/aromatic N) is 1. The minimum atomic E-state index is -3.85. The largest absolute Gasteiger partial charge is 0.349 e. The molecule has 0 aliphatic carbocycles. The Hall–Kier alpha value is -2.68. The van der Waals surface area contributed by atoms with Crippen LogP contribution in [-0.4, -0.2) is 43.7 Å². The quantitative estimate of drug-likeness (QED) is 0.572. The summed E-state index contributed by atoms with van der Waals surface area (Å²) in [6.45, 7) is 3.92. The first-order valence-corrected chi connectivity index (χ1v) is 12.2. The number of benzene rings is 2. The van der Waals surface area contributed by atoms with Crippen molar-refractivity contribution >= 4 is 39.1 Å². The number of hydrogen-bond acceptors (Lipinski definition) is 4. The van der Waals surface area contributed by atoms with Gasteiger partial charge in [0.1, 0.15) is 4.90 Å². The highest BCUT2D eigenvalue weighted by atomic mass is 35.5. The summed E-state index contributed by atoms with van der Waals surface area (Å²) in [6, 6.07) is 13.8. The predicted molar refractivity (Wildman–Crippen MR) is 125 cm³/mol. The molecule has 1 fully saturated rings. The number of halogens is 1. The molecule has 2 aromatic rings. The van der Waals surface area contributed by atoms with Crippen LogP contribution < -0.4 is 10.6 Å². The Morgan fingerprint density at radius 1 is 1.19 bits per heavy atom. The van der Waals surface area contributed by atoms with E-state index < -0.39 is 10.0 Å². The van der Waals surface area contributed by atoms with Crippen molar-refractivity contribution in [1.82, 2.24) is 9.62 Å². The first-order chi connectivity index (χ1) is 15.3. The summed E-state index contributed by atoms with van der Waals surface area (Å²) in [6.07, 6.45) is 3.37. The number of hydrogen-bond donors (Lipinski definition) is 2.